The van der Waals surface area contributed by atoms with E-state index >= 15 is 0 Å². The van der Waals surface area contributed by atoms with E-state index < -0.39 is 0 Å². The molecule has 0 radical (unpaired) electrons. The second-order valence-corrected chi connectivity index (χ2v) is 4.49. The van der Waals surface area contributed by atoms with Crippen LogP contribution in [0, 0.1) is 5.41 Å². The summed E-state index contributed by atoms with van der Waals surface area (Å²) in [4.78, 5) is 0. The lowest BCUT2D eigenvalue weighted by Gasteiger charge is -2.24. The van der Waals surface area contributed by atoms with Gasteiger partial charge in [-0.25, -0.2) is 0 Å². The Morgan fingerprint density at radius 2 is 2.07 bits per heavy atom. The Morgan fingerprint density at radius 3 is 2.57 bits per heavy atom. The molecule has 0 heterocycles. The molecule has 14 heavy (non-hydrogen) atoms. The van der Waals surface area contributed by atoms with Crippen LogP contribution in [0.2, 0.25) is 0 Å². The zero-order chi connectivity index (χ0) is 10.4. The zero-order valence-electron chi connectivity index (χ0n) is 9.94. The van der Waals surface area contributed by atoms with Gasteiger partial charge in [0.2, 0.25) is 0 Å². The van der Waals surface area contributed by atoms with Crippen LogP contribution in [0.3, 0.4) is 0 Å². The van der Waals surface area contributed by atoms with Crippen molar-refractivity contribution in [2.45, 2.75) is 52.5 Å². The maximum absolute atomic E-state index is 5.44. The minimum absolute atomic E-state index is 0.574. The van der Waals surface area contributed by atoms with Gasteiger partial charge in [-0.05, 0) is 51.5 Å². The van der Waals surface area contributed by atoms with Gasteiger partial charge in [0.15, 0.2) is 0 Å². The van der Waals surface area contributed by atoms with E-state index in [0.29, 0.717) is 11.5 Å². The van der Waals surface area contributed by atoms with Crippen LogP contribution >= 0.6 is 0 Å². The Morgan fingerprint density at radius 1 is 1.36 bits per heavy atom. The monoisotopic (exact) mass is 199 g/mol. The highest BCUT2D eigenvalue weighted by molar-refractivity contribution is 5.00. The van der Waals surface area contributed by atoms with E-state index in [9.17, 15) is 0 Å². The molecule has 1 fully saturated rings. The molecule has 84 valence electrons. The molecule has 1 atom stereocenters. The number of nitrogens with one attached hydrogen (secondary N) is 1. The third-order valence-corrected chi connectivity index (χ3v) is 3.46. The maximum atomic E-state index is 5.44. The predicted octanol–water partition coefficient (Wildman–Crippen LogP) is 2.58. The van der Waals surface area contributed by atoms with E-state index in [-0.39, 0.29) is 0 Å². The van der Waals surface area contributed by atoms with Crippen molar-refractivity contribution < 1.29 is 4.74 Å². The smallest absolute Gasteiger partial charge is 0.0471 e. The van der Waals surface area contributed by atoms with E-state index in [1.807, 2.05) is 0 Å². The second kappa shape index (κ2) is 5.72. The highest BCUT2D eigenvalue weighted by atomic mass is 16.5. The van der Waals surface area contributed by atoms with Crippen LogP contribution in [0.25, 0.3) is 0 Å². The number of rotatable bonds is 8. The molecule has 1 rings (SSSR count). The standard InChI is InChI=1S/C12H25NO/c1-4-9-13-11(3)12(6-7-12)8-10-14-5-2/h11,13H,4-10H2,1-3H3. The summed E-state index contributed by atoms with van der Waals surface area (Å²) in [6.07, 6.45) is 5.24. The fourth-order valence-corrected chi connectivity index (χ4v) is 2.06. The number of hydrogen-bond donors (Lipinski definition) is 1. The highest BCUT2D eigenvalue weighted by Gasteiger charge is 2.46. The van der Waals surface area contributed by atoms with Gasteiger partial charge in [-0.3, -0.25) is 0 Å². The van der Waals surface area contributed by atoms with Gasteiger partial charge in [0.25, 0.3) is 0 Å². The molecule has 0 amide bonds. The van der Waals surface area contributed by atoms with Crippen LogP contribution in [-0.2, 0) is 4.74 Å². The predicted molar refractivity (Wildman–Crippen MR) is 60.5 cm³/mol. The lowest BCUT2D eigenvalue weighted by Crippen LogP contribution is -2.36. The van der Waals surface area contributed by atoms with Crippen LogP contribution in [0.4, 0.5) is 0 Å². The minimum Gasteiger partial charge on any atom is -0.382 e. The first-order chi connectivity index (χ1) is 6.75. The van der Waals surface area contributed by atoms with Crippen molar-refractivity contribution in [2.24, 2.45) is 5.41 Å². The first kappa shape index (κ1) is 12.0. The number of hydrogen-bond acceptors (Lipinski definition) is 2. The largest absolute Gasteiger partial charge is 0.382 e. The topological polar surface area (TPSA) is 21.3 Å². The summed E-state index contributed by atoms with van der Waals surface area (Å²) in [6, 6.07) is 0.669. The quantitative estimate of drug-likeness (QED) is 0.607. The SMILES string of the molecule is CCCNC(C)C1(CCOCC)CC1. The third-order valence-electron chi connectivity index (χ3n) is 3.46. The van der Waals surface area contributed by atoms with Gasteiger partial charge in [-0.15, -0.1) is 0 Å². The first-order valence-corrected chi connectivity index (χ1v) is 6.06. The molecular weight excluding hydrogens is 174 g/mol. The molecule has 1 unspecified atom stereocenters. The number of ether oxygens (including phenoxy) is 1. The fraction of sp³-hybridized carbons (Fsp3) is 1.00. The Balaban J connectivity index is 2.19. The summed E-state index contributed by atoms with van der Waals surface area (Å²) in [6.45, 7) is 9.56. The van der Waals surface area contributed by atoms with E-state index in [1.54, 1.807) is 0 Å². The van der Waals surface area contributed by atoms with Gasteiger partial charge in [0.1, 0.15) is 0 Å². The fourth-order valence-electron chi connectivity index (χ4n) is 2.06. The Bertz CT molecular complexity index is 154. The van der Waals surface area contributed by atoms with E-state index in [4.69, 9.17) is 4.74 Å². The Labute approximate surface area is 88.4 Å². The van der Waals surface area contributed by atoms with Gasteiger partial charge in [0.05, 0.1) is 0 Å². The molecule has 0 saturated heterocycles. The molecule has 2 heteroatoms. The molecule has 0 aliphatic heterocycles. The highest BCUT2D eigenvalue weighted by Crippen LogP contribution is 2.51. The van der Waals surface area contributed by atoms with Crippen molar-refractivity contribution >= 4 is 0 Å². The van der Waals surface area contributed by atoms with Crippen molar-refractivity contribution in [1.29, 1.82) is 0 Å². The molecule has 1 saturated carbocycles. The van der Waals surface area contributed by atoms with Crippen LogP contribution in [0.1, 0.15) is 46.5 Å². The molecule has 1 aliphatic rings. The van der Waals surface area contributed by atoms with Gasteiger partial charge in [0, 0.05) is 19.3 Å². The van der Waals surface area contributed by atoms with Gasteiger partial charge >= 0.3 is 0 Å². The van der Waals surface area contributed by atoms with E-state index in [0.717, 1.165) is 19.8 Å². The Hall–Kier alpha value is -0.0800. The Kier molecular flexibility index (Phi) is 4.90. The van der Waals surface area contributed by atoms with Crippen molar-refractivity contribution in [3.8, 4) is 0 Å². The molecule has 0 bridgehead atoms. The molecule has 1 aliphatic carbocycles. The lowest BCUT2D eigenvalue weighted by atomic mass is 9.94. The van der Waals surface area contributed by atoms with Gasteiger partial charge < -0.3 is 10.1 Å². The van der Waals surface area contributed by atoms with Crippen molar-refractivity contribution in [3.05, 3.63) is 0 Å². The average molecular weight is 199 g/mol. The summed E-state index contributed by atoms with van der Waals surface area (Å²) in [7, 11) is 0. The van der Waals surface area contributed by atoms with Crippen molar-refractivity contribution in [1.82, 2.24) is 5.32 Å². The molecule has 0 aromatic heterocycles. The summed E-state index contributed by atoms with van der Waals surface area (Å²) < 4.78 is 5.44. The average Bonchev–Trinajstić information content (AvgIpc) is 2.96. The summed E-state index contributed by atoms with van der Waals surface area (Å²) in [5.41, 5.74) is 0.574. The van der Waals surface area contributed by atoms with Gasteiger partial charge in [-0.1, -0.05) is 6.92 Å². The molecule has 0 aromatic carbocycles. The minimum atomic E-state index is 0.574. The van der Waals surface area contributed by atoms with Crippen LogP contribution in [-0.4, -0.2) is 25.8 Å². The third kappa shape index (κ3) is 3.25. The van der Waals surface area contributed by atoms with Crippen LogP contribution < -0.4 is 5.32 Å². The molecule has 0 spiro atoms. The molecule has 0 aromatic rings. The van der Waals surface area contributed by atoms with Crippen LogP contribution in [0.5, 0.6) is 0 Å². The lowest BCUT2D eigenvalue weighted by molar-refractivity contribution is 0.121. The van der Waals surface area contributed by atoms with Crippen molar-refractivity contribution in [2.75, 3.05) is 19.8 Å². The first-order valence-electron chi connectivity index (χ1n) is 6.06. The summed E-state index contributed by atoms with van der Waals surface area (Å²) in [5.74, 6) is 0. The molecule has 1 N–H and O–H groups in total. The normalized spacial score (nSPS) is 20.8. The van der Waals surface area contributed by atoms with Gasteiger partial charge in [-0.2, -0.15) is 0 Å². The second-order valence-electron chi connectivity index (χ2n) is 4.49. The zero-order valence-corrected chi connectivity index (χ0v) is 9.94. The molecule has 2 nitrogen and oxygen atoms in total. The molecular formula is C12H25NO. The van der Waals surface area contributed by atoms with E-state index in [2.05, 4.69) is 26.1 Å². The van der Waals surface area contributed by atoms with E-state index in [1.165, 1.54) is 25.7 Å². The summed E-state index contributed by atoms with van der Waals surface area (Å²) in [5, 5.41) is 3.61. The van der Waals surface area contributed by atoms with Crippen LogP contribution in [0.15, 0.2) is 0 Å². The maximum Gasteiger partial charge on any atom is 0.0471 e. The summed E-state index contributed by atoms with van der Waals surface area (Å²) >= 11 is 0. The van der Waals surface area contributed by atoms with Crippen molar-refractivity contribution in [3.63, 3.8) is 0 Å².